The average Bonchev–Trinajstić information content (AvgIpc) is 2.72. The van der Waals surface area contributed by atoms with E-state index in [2.05, 4.69) is 9.88 Å². The Bertz CT molecular complexity index is 892. The van der Waals surface area contributed by atoms with Gasteiger partial charge in [0.1, 0.15) is 5.75 Å². The highest BCUT2D eigenvalue weighted by molar-refractivity contribution is 7.89. The normalized spacial score (nSPS) is 16.2. The summed E-state index contributed by atoms with van der Waals surface area (Å²) in [5.74, 6) is 0.619. The first kappa shape index (κ1) is 20.7. The number of aromatic nitrogens is 1. The summed E-state index contributed by atoms with van der Waals surface area (Å²) in [4.78, 5) is 6.80. The van der Waals surface area contributed by atoms with E-state index in [1.54, 1.807) is 42.9 Å². The smallest absolute Gasteiger partial charge is 0.243 e. The third kappa shape index (κ3) is 4.52. The van der Waals surface area contributed by atoms with Crippen LogP contribution in [0.2, 0.25) is 0 Å². The van der Waals surface area contributed by atoms with Gasteiger partial charge in [0, 0.05) is 62.9 Å². The lowest BCUT2D eigenvalue weighted by atomic mass is 10.1. The van der Waals surface area contributed by atoms with Gasteiger partial charge in [-0.05, 0) is 31.2 Å². The van der Waals surface area contributed by atoms with Gasteiger partial charge >= 0.3 is 0 Å². The second kappa shape index (κ2) is 9.00. The molecule has 0 saturated carbocycles. The van der Waals surface area contributed by atoms with E-state index in [1.165, 1.54) is 0 Å². The molecule has 1 aliphatic heterocycles. The maximum absolute atomic E-state index is 13.2. The molecule has 28 heavy (non-hydrogen) atoms. The van der Waals surface area contributed by atoms with Crippen molar-refractivity contribution < 1.29 is 17.9 Å². The van der Waals surface area contributed by atoms with Crippen LogP contribution in [-0.2, 0) is 14.8 Å². The Morgan fingerprint density at radius 1 is 1.07 bits per heavy atom. The minimum absolute atomic E-state index is 0.272. The number of nitrogens with zero attached hydrogens (tertiary/aromatic N) is 3. The molecule has 0 spiro atoms. The van der Waals surface area contributed by atoms with E-state index in [9.17, 15) is 8.42 Å². The van der Waals surface area contributed by atoms with E-state index in [1.807, 2.05) is 19.1 Å². The van der Waals surface area contributed by atoms with Gasteiger partial charge in [0.25, 0.3) is 0 Å². The molecule has 1 aliphatic rings. The monoisotopic (exact) mass is 405 g/mol. The van der Waals surface area contributed by atoms with Crippen LogP contribution in [0.25, 0.3) is 11.1 Å². The lowest BCUT2D eigenvalue weighted by molar-refractivity contribution is 0.123. The number of benzene rings is 1. The maximum atomic E-state index is 13.2. The van der Waals surface area contributed by atoms with Crippen molar-refractivity contribution in [3.8, 4) is 16.9 Å². The Hall–Kier alpha value is -2.00. The molecule has 3 rings (SSSR count). The Morgan fingerprint density at radius 3 is 2.43 bits per heavy atom. The molecule has 2 aromatic rings. The van der Waals surface area contributed by atoms with Crippen LogP contribution in [0.4, 0.5) is 0 Å². The fourth-order valence-electron chi connectivity index (χ4n) is 3.26. The van der Waals surface area contributed by atoms with Crippen LogP contribution in [0.15, 0.2) is 41.4 Å². The molecule has 0 bridgehead atoms. The molecule has 0 amide bonds. The Labute approximate surface area is 166 Å². The minimum atomic E-state index is -3.57. The molecule has 0 aliphatic carbocycles. The summed E-state index contributed by atoms with van der Waals surface area (Å²) in [5.41, 5.74) is 2.44. The summed E-state index contributed by atoms with van der Waals surface area (Å²) in [5, 5.41) is 0. The molecule has 0 atom stereocenters. The van der Waals surface area contributed by atoms with Crippen molar-refractivity contribution >= 4 is 10.0 Å². The summed E-state index contributed by atoms with van der Waals surface area (Å²) in [7, 11) is -0.321. The van der Waals surface area contributed by atoms with E-state index in [0.29, 0.717) is 38.5 Å². The molecule has 7 nitrogen and oxygen atoms in total. The van der Waals surface area contributed by atoms with Crippen LogP contribution in [0, 0.1) is 6.92 Å². The zero-order valence-corrected chi connectivity index (χ0v) is 17.4. The zero-order chi connectivity index (χ0) is 20.1. The molecule has 1 saturated heterocycles. The maximum Gasteiger partial charge on any atom is 0.243 e. The van der Waals surface area contributed by atoms with Crippen LogP contribution in [0.5, 0.6) is 5.75 Å². The number of pyridine rings is 1. The first-order valence-corrected chi connectivity index (χ1v) is 10.7. The van der Waals surface area contributed by atoms with Crippen molar-refractivity contribution in [1.82, 2.24) is 14.2 Å². The van der Waals surface area contributed by atoms with Gasteiger partial charge in [-0.3, -0.25) is 9.88 Å². The Balaban J connectivity index is 1.84. The highest BCUT2D eigenvalue weighted by Crippen LogP contribution is 2.33. The standard InChI is InChI=1S/C20H27N3O4S/c1-16-4-5-17(15-21-16)19-14-18(6-7-20(19)27-3)28(24,25)23-10-8-22(9-11-23)12-13-26-2/h4-7,14-15H,8-13H2,1-3H3. The highest BCUT2D eigenvalue weighted by atomic mass is 32.2. The van der Waals surface area contributed by atoms with Crippen molar-refractivity contribution in [2.24, 2.45) is 0 Å². The lowest BCUT2D eigenvalue weighted by Gasteiger charge is -2.33. The quantitative estimate of drug-likeness (QED) is 0.702. The summed E-state index contributed by atoms with van der Waals surface area (Å²) >= 11 is 0. The molecule has 1 aromatic carbocycles. The molecule has 2 heterocycles. The fraction of sp³-hybridized carbons (Fsp3) is 0.450. The van der Waals surface area contributed by atoms with E-state index in [0.717, 1.165) is 23.4 Å². The van der Waals surface area contributed by atoms with Gasteiger partial charge in [-0.25, -0.2) is 8.42 Å². The number of ether oxygens (including phenoxy) is 2. The highest BCUT2D eigenvalue weighted by Gasteiger charge is 2.29. The van der Waals surface area contributed by atoms with Crippen molar-refractivity contribution in [3.63, 3.8) is 0 Å². The predicted molar refractivity (Wildman–Crippen MR) is 108 cm³/mol. The number of aryl methyl sites for hydroxylation is 1. The fourth-order valence-corrected chi connectivity index (χ4v) is 4.71. The molecule has 0 unspecified atom stereocenters. The van der Waals surface area contributed by atoms with Crippen molar-refractivity contribution in [2.75, 3.05) is 53.6 Å². The van der Waals surface area contributed by atoms with Crippen molar-refractivity contribution in [2.45, 2.75) is 11.8 Å². The largest absolute Gasteiger partial charge is 0.496 e. The third-order valence-electron chi connectivity index (χ3n) is 4.97. The van der Waals surface area contributed by atoms with Gasteiger partial charge in [-0.15, -0.1) is 0 Å². The summed E-state index contributed by atoms with van der Waals surface area (Å²) < 4.78 is 38.4. The Kier molecular flexibility index (Phi) is 6.66. The average molecular weight is 406 g/mol. The second-order valence-electron chi connectivity index (χ2n) is 6.79. The van der Waals surface area contributed by atoms with Crippen LogP contribution in [-0.4, -0.2) is 76.2 Å². The van der Waals surface area contributed by atoms with Crippen LogP contribution < -0.4 is 4.74 Å². The number of piperazine rings is 1. The van der Waals surface area contributed by atoms with E-state index in [4.69, 9.17) is 9.47 Å². The number of hydrogen-bond donors (Lipinski definition) is 0. The number of rotatable bonds is 7. The molecular weight excluding hydrogens is 378 g/mol. The molecule has 8 heteroatoms. The predicted octanol–water partition coefficient (Wildman–Crippen LogP) is 2.02. The first-order chi connectivity index (χ1) is 13.5. The van der Waals surface area contributed by atoms with Crippen LogP contribution in [0.1, 0.15) is 5.69 Å². The SMILES string of the molecule is COCCN1CCN(S(=O)(=O)c2ccc(OC)c(-c3ccc(C)nc3)c2)CC1. The van der Waals surface area contributed by atoms with Gasteiger partial charge in [-0.1, -0.05) is 6.07 Å². The number of sulfonamides is 1. The van der Waals surface area contributed by atoms with Crippen molar-refractivity contribution in [1.29, 1.82) is 0 Å². The first-order valence-electron chi connectivity index (χ1n) is 9.28. The zero-order valence-electron chi connectivity index (χ0n) is 16.6. The van der Waals surface area contributed by atoms with E-state index < -0.39 is 10.0 Å². The molecule has 1 aromatic heterocycles. The van der Waals surface area contributed by atoms with Gasteiger partial charge in [0.15, 0.2) is 0 Å². The summed E-state index contributed by atoms with van der Waals surface area (Å²) in [6.07, 6.45) is 1.73. The molecule has 152 valence electrons. The van der Waals surface area contributed by atoms with E-state index >= 15 is 0 Å². The van der Waals surface area contributed by atoms with Gasteiger partial charge < -0.3 is 9.47 Å². The molecule has 0 N–H and O–H groups in total. The summed E-state index contributed by atoms with van der Waals surface area (Å²) in [6.45, 7) is 5.73. The molecule has 1 fully saturated rings. The topological polar surface area (TPSA) is 72.0 Å². The number of hydrogen-bond acceptors (Lipinski definition) is 6. The third-order valence-corrected chi connectivity index (χ3v) is 6.87. The lowest BCUT2D eigenvalue weighted by Crippen LogP contribution is -2.49. The van der Waals surface area contributed by atoms with Gasteiger partial charge in [-0.2, -0.15) is 4.31 Å². The Morgan fingerprint density at radius 2 is 1.82 bits per heavy atom. The molecular formula is C20H27N3O4S. The van der Waals surface area contributed by atoms with Gasteiger partial charge in [0.2, 0.25) is 10.0 Å². The van der Waals surface area contributed by atoms with Crippen LogP contribution >= 0.6 is 0 Å². The molecule has 0 radical (unpaired) electrons. The number of methoxy groups -OCH3 is 2. The van der Waals surface area contributed by atoms with Gasteiger partial charge in [0.05, 0.1) is 18.6 Å². The van der Waals surface area contributed by atoms with Crippen LogP contribution in [0.3, 0.4) is 0 Å². The minimum Gasteiger partial charge on any atom is -0.496 e. The second-order valence-corrected chi connectivity index (χ2v) is 8.73. The van der Waals surface area contributed by atoms with Crippen molar-refractivity contribution in [3.05, 3.63) is 42.2 Å². The summed E-state index contributed by atoms with van der Waals surface area (Å²) in [6, 6.07) is 8.81. The van der Waals surface area contributed by atoms with E-state index in [-0.39, 0.29) is 4.90 Å².